The summed E-state index contributed by atoms with van der Waals surface area (Å²) in [5.74, 6) is -0.195. The first-order valence-electron chi connectivity index (χ1n) is 6.56. The fourth-order valence-corrected chi connectivity index (χ4v) is 2.41. The monoisotopic (exact) mass is 251 g/mol. The van der Waals surface area contributed by atoms with Gasteiger partial charge in [-0.15, -0.1) is 0 Å². The first-order valence-corrected chi connectivity index (χ1v) is 6.56. The predicted molar refractivity (Wildman–Crippen MR) is 70.7 cm³/mol. The Morgan fingerprint density at radius 1 is 1.28 bits per heavy atom. The van der Waals surface area contributed by atoms with E-state index in [9.17, 15) is 0 Å². The largest absolute Gasteiger partial charge is 0.495 e. The van der Waals surface area contributed by atoms with E-state index in [1.54, 1.807) is 7.11 Å². The van der Waals surface area contributed by atoms with Crippen LogP contribution in [0.15, 0.2) is 28.5 Å². The minimum atomic E-state index is -0.871. The van der Waals surface area contributed by atoms with Gasteiger partial charge in [0.1, 0.15) is 0 Å². The van der Waals surface area contributed by atoms with Gasteiger partial charge in [-0.1, -0.05) is 0 Å². The third kappa shape index (κ3) is 2.35. The third-order valence-electron chi connectivity index (χ3n) is 3.13. The zero-order valence-electron chi connectivity index (χ0n) is 11.4. The Morgan fingerprint density at radius 3 is 2.61 bits per heavy atom. The quantitative estimate of drug-likeness (QED) is 0.705. The van der Waals surface area contributed by atoms with Crippen LogP contribution in [0, 0.1) is 0 Å². The van der Waals surface area contributed by atoms with Crippen molar-refractivity contribution in [1.29, 1.82) is 0 Å². The highest BCUT2D eigenvalue weighted by atomic mass is 16.7. The summed E-state index contributed by atoms with van der Waals surface area (Å²) in [6.07, 6.45) is 6.07. The molecular formula is C14H21NO3. The molecule has 0 fully saturated rings. The van der Waals surface area contributed by atoms with Crippen LogP contribution in [-0.2, 0) is 14.2 Å². The Balaban J connectivity index is 2.40. The van der Waals surface area contributed by atoms with Crippen molar-refractivity contribution in [3.05, 3.63) is 23.5 Å². The highest BCUT2D eigenvalue weighted by Crippen LogP contribution is 2.34. The van der Waals surface area contributed by atoms with Crippen LogP contribution in [0.4, 0.5) is 0 Å². The van der Waals surface area contributed by atoms with Gasteiger partial charge in [0, 0.05) is 25.8 Å². The Morgan fingerprint density at radius 2 is 2.00 bits per heavy atom. The minimum Gasteiger partial charge on any atom is -0.495 e. The van der Waals surface area contributed by atoms with Crippen molar-refractivity contribution in [2.75, 3.05) is 26.9 Å². The van der Waals surface area contributed by atoms with Gasteiger partial charge in [-0.05, 0) is 38.3 Å². The highest BCUT2D eigenvalue weighted by molar-refractivity contribution is 6.10. The summed E-state index contributed by atoms with van der Waals surface area (Å²) in [6, 6.07) is 0. The molecule has 4 heteroatoms. The first-order chi connectivity index (χ1) is 8.75. The summed E-state index contributed by atoms with van der Waals surface area (Å²) in [7, 11) is 1.64. The van der Waals surface area contributed by atoms with Gasteiger partial charge in [0.2, 0.25) is 5.79 Å². The van der Waals surface area contributed by atoms with Crippen molar-refractivity contribution in [2.45, 2.75) is 32.5 Å². The lowest BCUT2D eigenvalue weighted by atomic mass is 9.92. The molecule has 1 aliphatic heterocycles. The van der Waals surface area contributed by atoms with Gasteiger partial charge in [0.15, 0.2) is 5.76 Å². The van der Waals surface area contributed by atoms with E-state index in [1.165, 1.54) is 5.57 Å². The highest BCUT2D eigenvalue weighted by Gasteiger charge is 2.40. The summed E-state index contributed by atoms with van der Waals surface area (Å²) >= 11 is 0. The van der Waals surface area contributed by atoms with Crippen LogP contribution < -0.4 is 0 Å². The molecule has 2 aliphatic rings. The second kappa shape index (κ2) is 5.67. The minimum absolute atomic E-state index is 0.566. The molecule has 0 amide bonds. The summed E-state index contributed by atoms with van der Waals surface area (Å²) in [4.78, 5) is 4.52. The Bertz CT molecular complexity index is 390. The fourth-order valence-electron chi connectivity index (χ4n) is 2.41. The lowest BCUT2D eigenvalue weighted by Gasteiger charge is -2.35. The molecule has 0 aromatic carbocycles. The maximum absolute atomic E-state index is 5.82. The molecular weight excluding hydrogens is 230 g/mol. The molecule has 1 aliphatic carbocycles. The van der Waals surface area contributed by atoms with Crippen LogP contribution in [0.25, 0.3) is 0 Å². The lowest BCUT2D eigenvalue weighted by Crippen LogP contribution is -2.40. The summed E-state index contributed by atoms with van der Waals surface area (Å²) in [6.45, 7) is 5.93. The number of aliphatic imine (C=N–C) groups is 1. The van der Waals surface area contributed by atoms with Crippen LogP contribution in [0.1, 0.15) is 26.7 Å². The van der Waals surface area contributed by atoms with E-state index in [0.717, 1.165) is 25.1 Å². The zero-order chi connectivity index (χ0) is 13.0. The van der Waals surface area contributed by atoms with Crippen molar-refractivity contribution < 1.29 is 14.2 Å². The molecule has 0 spiro atoms. The Labute approximate surface area is 108 Å². The fraction of sp³-hybridized carbons (Fsp3) is 0.643. The van der Waals surface area contributed by atoms with Crippen molar-refractivity contribution in [2.24, 2.45) is 4.99 Å². The van der Waals surface area contributed by atoms with E-state index in [1.807, 2.05) is 26.0 Å². The molecule has 4 nitrogen and oxygen atoms in total. The normalized spacial score (nSPS) is 21.6. The molecule has 0 radical (unpaired) electrons. The van der Waals surface area contributed by atoms with Gasteiger partial charge in [0.25, 0.3) is 0 Å². The standard InChI is InChI=1S/C14H21NO3/c1-4-17-14(18-5-2)10-11-7-6-8-15-12(11)9-13(14)16-3/h9-10H,4-8H2,1-3H3. The molecule has 0 N–H and O–H groups in total. The molecule has 0 atom stereocenters. The molecule has 18 heavy (non-hydrogen) atoms. The molecule has 0 aromatic heterocycles. The van der Waals surface area contributed by atoms with E-state index in [4.69, 9.17) is 14.2 Å². The number of ether oxygens (including phenoxy) is 3. The van der Waals surface area contributed by atoms with Crippen molar-refractivity contribution >= 4 is 5.71 Å². The van der Waals surface area contributed by atoms with Gasteiger partial charge in [0.05, 0.1) is 12.8 Å². The number of nitrogens with zero attached hydrogens (tertiary/aromatic N) is 1. The molecule has 0 bridgehead atoms. The van der Waals surface area contributed by atoms with Gasteiger partial charge in [-0.2, -0.15) is 0 Å². The molecule has 0 saturated carbocycles. The average Bonchev–Trinajstić information content (AvgIpc) is 2.38. The number of rotatable bonds is 5. The summed E-state index contributed by atoms with van der Waals surface area (Å²) < 4.78 is 17.1. The van der Waals surface area contributed by atoms with Crippen molar-refractivity contribution in [3.63, 3.8) is 0 Å². The maximum Gasteiger partial charge on any atom is 0.248 e. The van der Waals surface area contributed by atoms with E-state index in [-0.39, 0.29) is 0 Å². The number of hydrogen-bond acceptors (Lipinski definition) is 4. The van der Waals surface area contributed by atoms with Gasteiger partial charge in [-0.3, -0.25) is 4.99 Å². The topological polar surface area (TPSA) is 40.0 Å². The number of allylic oxidation sites excluding steroid dienone is 2. The SMILES string of the molecule is CCOC1(OCC)C=C2CCCN=C2C=C1OC. The molecule has 0 saturated heterocycles. The first kappa shape index (κ1) is 13.3. The van der Waals surface area contributed by atoms with Gasteiger partial charge >= 0.3 is 0 Å². The third-order valence-corrected chi connectivity index (χ3v) is 3.13. The summed E-state index contributed by atoms with van der Waals surface area (Å²) in [5, 5.41) is 0. The van der Waals surface area contributed by atoms with E-state index in [0.29, 0.717) is 19.0 Å². The molecule has 2 rings (SSSR count). The maximum atomic E-state index is 5.82. The molecule has 100 valence electrons. The van der Waals surface area contributed by atoms with Crippen LogP contribution in [0.5, 0.6) is 0 Å². The van der Waals surface area contributed by atoms with E-state index < -0.39 is 5.79 Å². The van der Waals surface area contributed by atoms with Crippen LogP contribution in [0.3, 0.4) is 0 Å². The molecule has 0 aromatic rings. The van der Waals surface area contributed by atoms with Gasteiger partial charge in [-0.25, -0.2) is 0 Å². The second-order valence-electron chi connectivity index (χ2n) is 4.29. The zero-order valence-corrected chi connectivity index (χ0v) is 11.4. The smallest absolute Gasteiger partial charge is 0.248 e. The Hall–Kier alpha value is -1.13. The van der Waals surface area contributed by atoms with Crippen LogP contribution in [-0.4, -0.2) is 38.4 Å². The number of methoxy groups -OCH3 is 1. The summed E-state index contributed by atoms with van der Waals surface area (Å²) in [5.41, 5.74) is 2.21. The molecule has 1 heterocycles. The average molecular weight is 251 g/mol. The number of hydrogen-bond donors (Lipinski definition) is 0. The predicted octanol–water partition coefficient (Wildman–Crippen LogP) is 2.46. The van der Waals surface area contributed by atoms with Crippen LogP contribution >= 0.6 is 0 Å². The second-order valence-corrected chi connectivity index (χ2v) is 4.29. The Kier molecular flexibility index (Phi) is 4.19. The van der Waals surface area contributed by atoms with E-state index >= 15 is 0 Å². The van der Waals surface area contributed by atoms with Crippen molar-refractivity contribution in [3.8, 4) is 0 Å². The lowest BCUT2D eigenvalue weighted by molar-refractivity contribution is -0.194. The van der Waals surface area contributed by atoms with Crippen molar-refractivity contribution in [1.82, 2.24) is 0 Å². The number of fused-ring (bicyclic) bond motifs is 1. The van der Waals surface area contributed by atoms with Gasteiger partial charge < -0.3 is 14.2 Å². The van der Waals surface area contributed by atoms with Crippen LogP contribution in [0.2, 0.25) is 0 Å². The van der Waals surface area contributed by atoms with E-state index in [2.05, 4.69) is 4.99 Å². The molecule has 0 unspecified atom stereocenters.